The van der Waals surface area contributed by atoms with Gasteiger partial charge in [-0.2, -0.15) is 0 Å². The minimum absolute atomic E-state index is 0.0898. The number of nitrogens with one attached hydrogen (secondary N) is 1. The van der Waals surface area contributed by atoms with Crippen molar-refractivity contribution in [2.45, 2.75) is 39.3 Å². The van der Waals surface area contributed by atoms with E-state index in [1.165, 1.54) is 0 Å². The van der Waals surface area contributed by atoms with Crippen LogP contribution in [0, 0.1) is 0 Å². The number of hydrogen-bond acceptors (Lipinski definition) is 3. The third-order valence-corrected chi connectivity index (χ3v) is 4.68. The van der Waals surface area contributed by atoms with Gasteiger partial charge >= 0.3 is 0 Å². The highest BCUT2D eigenvalue weighted by atomic mass is 16.5. The number of carbonyl (C=O) groups is 2. The molecule has 1 fully saturated rings. The summed E-state index contributed by atoms with van der Waals surface area (Å²) >= 11 is 0. The molecule has 3 rings (SSSR count). The largest absolute Gasteiger partial charge is 0.368 e. The van der Waals surface area contributed by atoms with Gasteiger partial charge in [0.25, 0.3) is 5.91 Å². The van der Waals surface area contributed by atoms with Crippen LogP contribution in [-0.4, -0.2) is 47.1 Å². The Hall–Kier alpha value is -2.34. The van der Waals surface area contributed by atoms with E-state index in [1.807, 2.05) is 53.8 Å². The van der Waals surface area contributed by atoms with Crippen molar-refractivity contribution in [2.75, 3.05) is 25.0 Å². The van der Waals surface area contributed by atoms with Crippen molar-refractivity contribution in [2.24, 2.45) is 0 Å². The second-order valence-corrected chi connectivity index (χ2v) is 6.27. The molecule has 2 heterocycles. The Morgan fingerprint density at radius 2 is 2.08 bits per heavy atom. The van der Waals surface area contributed by atoms with Gasteiger partial charge in [0.05, 0.1) is 0 Å². The molecule has 1 N–H and O–H groups in total. The summed E-state index contributed by atoms with van der Waals surface area (Å²) in [6.07, 6.45) is 3.28. The van der Waals surface area contributed by atoms with Crippen LogP contribution < -0.4 is 5.32 Å². The number of carbonyl (C=O) groups excluding carboxylic acids is 2. The van der Waals surface area contributed by atoms with Crippen LogP contribution in [0.15, 0.2) is 30.5 Å². The van der Waals surface area contributed by atoms with Crippen molar-refractivity contribution >= 4 is 28.4 Å². The van der Waals surface area contributed by atoms with Crippen molar-refractivity contribution in [3.8, 4) is 0 Å². The van der Waals surface area contributed by atoms with E-state index in [9.17, 15) is 9.59 Å². The van der Waals surface area contributed by atoms with Gasteiger partial charge < -0.3 is 19.5 Å². The van der Waals surface area contributed by atoms with Gasteiger partial charge in [0.2, 0.25) is 5.91 Å². The summed E-state index contributed by atoms with van der Waals surface area (Å²) in [5.41, 5.74) is 1.73. The highest BCUT2D eigenvalue weighted by Crippen LogP contribution is 2.22. The lowest BCUT2D eigenvalue weighted by Gasteiger charge is -2.19. The topological polar surface area (TPSA) is 63.6 Å². The van der Waals surface area contributed by atoms with Gasteiger partial charge in [-0.05, 0) is 51.0 Å². The SMILES string of the molecule is CCN(CC)C(=O)Cn1ccc2cc(NC(=O)[C@@H]3CCCO3)ccc21. The second-order valence-electron chi connectivity index (χ2n) is 6.27. The molecule has 1 aromatic carbocycles. The Morgan fingerprint density at radius 3 is 2.76 bits per heavy atom. The summed E-state index contributed by atoms with van der Waals surface area (Å²) in [6.45, 7) is 6.38. The first-order valence-corrected chi connectivity index (χ1v) is 8.91. The van der Waals surface area contributed by atoms with Crippen molar-refractivity contribution in [1.82, 2.24) is 9.47 Å². The fourth-order valence-corrected chi connectivity index (χ4v) is 3.25. The molecular weight excluding hydrogens is 318 g/mol. The Morgan fingerprint density at radius 1 is 1.28 bits per heavy atom. The van der Waals surface area contributed by atoms with Gasteiger partial charge in [0.1, 0.15) is 12.6 Å². The average molecular weight is 343 g/mol. The second kappa shape index (κ2) is 7.70. The number of likely N-dealkylation sites (N-methyl/N-ethyl adjacent to an activating group) is 1. The van der Waals surface area contributed by atoms with Crippen molar-refractivity contribution in [3.05, 3.63) is 30.5 Å². The van der Waals surface area contributed by atoms with E-state index in [0.717, 1.165) is 29.4 Å². The summed E-state index contributed by atoms with van der Waals surface area (Å²) in [5, 5.41) is 3.91. The van der Waals surface area contributed by atoms with E-state index < -0.39 is 0 Å². The van der Waals surface area contributed by atoms with Gasteiger partial charge in [-0.3, -0.25) is 9.59 Å². The fraction of sp³-hybridized carbons (Fsp3) is 0.474. The standard InChI is InChI=1S/C19H25N3O3/c1-3-21(4-2)18(23)13-22-10-9-14-12-15(7-8-16(14)22)20-19(24)17-6-5-11-25-17/h7-10,12,17H,3-6,11,13H2,1-2H3,(H,20,24)/t17-/m0/s1. The highest BCUT2D eigenvalue weighted by molar-refractivity contribution is 5.96. The summed E-state index contributed by atoms with van der Waals surface area (Å²) in [6, 6.07) is 7.71. The number of aromatic nitrogens is 1. The molecule has 6 heteroatoms. The average Bonchev–Trinajstić information content (AvgIpc) is 3.26. The number of nitrogens with zero attached hydrogens (tertiary/aromatic N) is 2. The molecule has 1 atom stereocenters. The van der Waals surface area contributed by atoms with Crippen LogP contribution in [0.5, 0.6) is 0 Å². The molecule has 1 saturated heterocycles. The Balaban J connectivity index is 1.72. The van der Waals surface area contributed by atoms with Gasteiger partial charge in [0.15, 0.2) is 0 Å². The predicted molar refractivity (Wildman–Crippen MR) is 97.5 cm³/mol. The Bertz CT molecular complexity index is 758. The number of benzene rings is 1. The third kappa shape index (κ3) is 3.85. The third-order valence-electron chi connectivity index (χ3n) is 4.68. The maximum absolute atomic E-state index is 12.3. The summed E-state index contributed by atoms with van der Waals surface area (Å²) in [5.74, 6) is 0.0197. The predicted octanol–water partition coefficient (Wildman–Crippen LogP) is 2.63. The highest BCUT2D eigenvalue weighted by Gasteiger charge is 2.23. The summed E-state index contributed by atoms with van der Waals surface area (Å²) in [4.78, 5) is 26.3. The summed E-state index contributed by atoms with van der Waals surface area (Å²) in [7, 11) is 0. The van der Waals surface area contributed by atoms with Crippen LogP contribution in [0.1, 0.15) is 26.7 Å². The summed E-state index contributed by atoms with van der Waals surface area (Å²) < 4.78 is 7.35. The van der Waals surface area contributed by atoms with Gasteiger partial charge in [0, 0.05) is 42.5 Å². The lowest BCUT2D eigenvalue weighted by Crippen LogP contribution is -2.33. The Kier molecular flexibility index (Phi) is 5.38. The normalized spacial score (nSPS) is 17.0. The lowest BCUT2D eigenvalue weighted by molar-refractivity contribution is -0.131. The zero-order chi connectivity index (χ0) is 17.8. The molecule has 2 amide bonds. The van der Waals surface area contributed by atoms with E-state index in [4.69, 9.17) is 4.74 Å². The zero-order valence-electron chi connectivity index (χ0n) is 14.8. The number of rotatable bonds is 6. The van der Waals surface area contributed by atoms with Crippen LogP contribution in [0.4, 0.5) is 5.69 Å². The van der Waals surface area contributed by atoms with E-state index in [-0.39, 0.29) is 17.9 Å². The number of amides is 2. The van der Waals surface area contributed by atoms with Crippen LogP contribution in [0.3, 0.4) is 0 Å². The fourth-order valence-electron chi connectivity index (χ4n) is 3.25. The number of fused-ring (bicyclic) bond motifs is 1. The number of anilines is 1. The molecule has 25 heavy (non-hydrogen) atoms. The van der Waals surface area contributed by atoms with Gasteiger partial charge in [-0.25, -0.2) is 0 Å². The van der Waals surface area contributed by atoms with Crippen LogP contribution in [0.2, 0.25) is 0 Å². The molecule has 1 aliphatic heterocycles. The molecule has 2 aromatic rings. The molecule has 1 aliphatic rings. The van der Waals surface area contributed by atoms with E-state index in [1.54, 1.807) is 0 Å². The lowest BCUT2D eigenvalue weighted by atomic mass is 10.2. The number of hydrogen-bond donors (Lipinski definition) is 1. The molecule has 134 valence electrons. The molecule has 6 nitrogen and oxygen atoms in total. The van der Waals surface area contributed by atoms with Gasteiger partial charge in [-0.15, -0.1) is 0 Å². The first-order chi connectivity index (χ1) is 12.1. The monoisotopic (exact) mass is 343 g/mol. The quantitative estimate of drug-likeness (QED) is 0.877. The van der Waals surface area contributed by atoms with Crippen LogP contribution in [0.25, 0.3) is 10.9 Å². The van der Waals surface area contributed by atoms with E-state index >= 15 is 0 Å². The molecule has 1 aromatic heterocycles. The van der Waals surface area contributed by atoms with Crippen molar-refractivity contribution in [1.29, 1.82) is 0 Å². The molecule has 0 saturated carbocycles. The number of ether oxygens (including phenoxy) is 1. The first-order valence-electron chi connectivity index (χ1n) is 8.91. The Labute approximate surface area is 147 Å². The van der Waals surface area contributed by atoms with E-state index in [0.29, 0.717) is 26.2 Å². The molecule has 0 spiro atoms. The molecule has 0 unspecified atom stereocenters. The van der Waals surface area contributed by atoms with Crippen LogP contribution in [-0.2, 0) is 20.9 Å². The van der Waals surface area contributed by atoms with Gasteiger partial charge in [-0.1, -0.05) is 0 Å². The van der Waals surface area contributed by atoms with Crippen LogP contribution >= 0.6 is 0 Å². The minimum Gasteiger partial charge on any atom is -0.368 e. The molecule has 0 aliphatic carbocycles. The zero-order valence-corrected chi connectivity index (χ0v) is 14.8. The van der Waals surface area contributed by atoms with E-state index in [2.05, 4.69) is 5.32 Å². The first kappa shape index (κ1) is 17.5. The maximum Gasteiger partial charge on any atom is 0.253 e. The maximum atomic E-state index is 12.3. The molecule has 0 radical (unpaired) electrons. The smallest absolute Gasteiger partial charge is 0.253 e. The molecular formula is C19H25N3O3. The van der Waals surface area contributed by atoms with Crippen molar-refractivity contribution in [3.63, 3.8) is 0 Å². The molecule has 0 bridgehead atoms. The minimum atomic E-state index is -0.341. The van der Waals surface area contributed by atoms with Crippen molar-refractivity contribution < 1.29 is 14.3 Å².